The first-order chi connectivity index (χ1) is 8.25. The molecular weight excluding hydrogens is 215 g/mol. The molecule has 0 aliphatic rings. The fraction of sp³-hybridized carbons (Fsp3) is 0.214. The third-order valence-electron chi connectivity index (χ3n) is 2.69. The highest BCUT2D eigenvalue weighted by Gasteiger charge is 2.04. The summed E-state index contributed by atoms with van der Waals surface area (Å²) in [7, 11) is 0. The van der Waals surface area contributed by atoms with Crippen LogP contribution >= 0.6 is 0 Å². The lowest BCUT2D eigenvalue weighted by atomic mass is 10.1. The summed E-state index contributed by atoms with van der Waals surface area (Å²) in [5.41, 5.74) is 2.07. The maximum Gasteiger partial charge on any atom is 0.123 e. The van der Waals surface area contributed by atoms with Crippen LogP contribution < -0.4 is 5.32 Å². The van der Waals surface area contributed by atoms with Gasteiger partial charge in [0.1, 0.15) is 5.82 Å². The van der Waals surface area contributed by atoms with Crippen molar-refractivity contribution in [2.45, 2.75) is 19.5 Å². The molecule has 1 N–H and O–H groups in total. The Hall–Kier alpha value is -1.74. The second-order valence-electron chi connectivity index (χ2n) is 4.02. The van der Waals surface area contributed by atoms with Crippen molar-refractivity contribution in [1.29, 1.82) is 0 Å². The molecule has 0 amide bonds. The lowest BCUT2D eigenvalue weighted by Gasteiger charge is -2.13. The molecule has 1 heterocycles. The van der Waals surface area contributed by atoms with Crippen LogP contribution in [0.1, 0.15) is 24.1 Å². The second kappa shape index (κ2) is 5.55. The van der Waals surface area contributed by atoms with Crippen molar-refractivity contribution in [3.8, 4) is 0 Å². The standard InChI is InChI=1S/C14H15FN2/c1-11(13-5-3-7-16-10-13)17-9-12-4-2-6-14(15)8-12/h2-8,10-11,17H,9H2,1H3. The summed E-state index contributed by atoms with van der Waals surface area (Å²) in [5.74, 6) is -0.196. The van der Waals surface area contributed by atoms with E-state index in [9.17, 15) is 4.39 Å². The van der Waals surface area contributed by atoms with Crippen LogP contribution in [0.2, 0.25) is 0 Å². The van der Waals surface area contributed by atoms with Gasteiger partial charge in [-0.2, -0.15) is 0 Å². The fourth-order valence-corrected chi connectivity index (χ4v) is 1.67. The van der Waals surface area contributed by atoms with E-state index in [2.05, 4.69) is 17.2 Å². The van der Waals surface area contributed by atoms with E-state index in [1.807, 2.05) is 24.4 Å². The number of benzene rings is 1. The van der Waals surface area contributed by atoms with E-state index in [4.69, 9.17) is 0 Å². The van der Waals surface area contributed by atoms with Gasteiger partial charge in [0.25, 0.3) is 0 Å². The number of nitrogens with one attached hydrogen (secondary N) is 1. The minimum absolute atomic E-state index is 0.196. The molecule has 0 aliphatic carbocycles. The Balaban J connectivity index is 1.95. The van der Waals surface area contributed by atoms with Crippen LogP contribution in [0, 0.1) is 5.82 Å². The number of aromatic nitrogens is 1. The summed E-state index contributed by atoms with van der Waals surface area (Å²) in [6.07, 6.45) is 3.59. The molecule has 17 heavy (non-hydrogen) atoms. The van der Waals surface area contributed by atoms with Gasteiger partial charge in [-0.1, -0.05) is 18.2 Å². The summed E-state index contributed by atoms with van der Waals surface area (Å²) in [4.78, 5) is 4.07. The minimum Gasteiger partial charge on any atom is -0.306 e. The third-order valence-corrected chi connectivity index (χ3v) is 2.69. The number of rotatable bonds is 4. The topological polar surface area (TPSA) is 24.9 Å². The number of halogens is 1. The molecule has 1 aromatic carbocycles. The Morgan fingerprint density at radius 2 is 2.18 bits per heavy atom. The van der Waals surface area contributed by atoms with Crippen molar-refractivity contribution < 1.29 is 4.39 Å². The number of hydrogen-bond donors (Lipinski definition) is 1. The summed E-state index contributed by atoms with van der Waals surface area (Å²) in [6, 6.07) is 10.8. The summed E-state index contributed by atoms with van der Waals surface area (Å²) in [6.45, 7) is 2.71. The first-order valence-corrected chi connectivity index (χ1v) is 5.63. The van der Waals surface area contributed by atoms with Gasteiger partial charge in [0.05, 0.1) is 0 Å². The monoisotopic (exact) mass is 230 g/mol. The van der Waals surface area contributed by atoms with E-state index >= 15 is 0 Å². The molecule has 2 aromatic rings. The Labute approximate surface area is 101 Å². The van der Waals surface area contributed by atoms with Crippen LogP contribution in [-0.4, -0.2) is 4.98 Å². The lowest BCUT2D eigenvalue weighted by molar-refractivity contribution is 0.568. The first kappa shape index (κ1) is 11.7. The minimum atomic E-state index is -0.196. The zero-order valence-corrected chi connectivity index (χ0v) is 9.73. The largest absolute Gasteiger partial charge is 0.306 e. The van der Waals surface area contributed by atoms with Crippen LogP contribution in [0.3, 0.4) is 0 Å². The smallest absolute Gasteiger partial charge is 0.123 e. The highest BCUT2D eigenvalue weighted by Crippen LogP contribution is 2.11. The Kier molecular flexibility index (Phi) is 3.83. The normalized spacial score (nSPS) is 12.4. The van der Waals surface area contributed by atoms with Gasteiger partial charge in [0.2, 0.25) is 0 Å². The van der Waals surface area contributed by atoms with Crippen LogP contribution in [0.15, 0.2) is 48.8 Å². The summed E-state index contributed by atoms with van der Waals surface area (Å²) >= 11 is 0. The molecule has 3 heteroatoms. The van der Waals surface area contributed by atoms with Crippen LogP contribution in [0.25, 0.3) is 0 Å². The van der Waals surface area contributed by atoms with Crippen LogP contribution in [-0.2, 0) is 6.54 Å². The van der Waals surface area contributed by atoms with Gasteiger partial charge in [-0.15, -0.1) is 0 Å². The third kappa shape index (κ3) is 3.36. The molecule has 0 spiro atoms. The van der Waals surface area contributed by atoms with Crippen molar-refractivity contribution >= 4 is 0 Å². The maximum absolute atomic E-state index is 13.0. The molecular formula is C14H15FN2. The van der Waals surface area contributed by atoms with E-state index in [-0.39, 0.29) is 11.9 Å². The van der Waals surface area contributed by atoms with E-state index < -0.39 is 0 Å². The van der Waals surface area contributed by atoms with Crippen LogP contribution in [0.5, 0.6) is 0 Å². The van der Waals surface area contributed by atoms with Crippen LogP contribution in [0.4, 0.5) is 4.39 Å². The molecule has 0 aliphatic heterocycles. The summed E-state index contributed by atoms with van der Waals surface area (Å²) < 4.78 is 13.0. The second-order valence-corrected chi connectivity index (χ2v) is 4.02. The van der Waals surface area contributed by atoms with Gasteiger partial charge in [-0.05, 0) is 36.2 Å². The van der Waals surface area contributed by atoms with E-state index in [0.29, 0.717) is 6.54 Å². The lowest BCUT2D eigenvalue weighted by Crippen LogP contribution is -2.18. The van der Waals surface area contributed by atoms with Crippen molar-refractivity contribution in [3.63, 3.8) is 0 Å². The molecule has 1 aromatic heterocycles. The molecule has 0 saturated heterocycles. The maximum atomic E-state index is 13.0. The number of nitrogens with zero attached hydrogens (tertiary/aromatic N) is 1. The zero-order chi connectivity index (χ0) is 12.1. The Bertz CT molecular complexity index is 471. The molecule has 1 atom stereocenters. The highest BCUT2D eigenvalue weighted by molar-refractivity contribution is 5.17. The van der Waals surface area contributed by atoms with E-state index in [1.165, 1.54) is 6.07 Å². The van der Waals surface area contributed by atoms with Crippen molar-refractivity contribution in [3.05, 3.63) is 65.7 Å². The zero-order valence-electron chi connectivity index (χ0n) is 9.73. The van der Waals surface area contributed by atoms with Gasteiger partial charge in [-0.3, -0.25) is 4.98 Å². The molecule has 0 bridgehead atoms. The molecule has 0 saturated carbocycles. The van der Waals surface area contributed by atoms with Crippen molar-refractivity contribution in [1.82, 2.24) is 10.3 Å². The predicted octanol–water partition coefficient (Wildman–Crippen LogP) is 3.07. The highest BCUT2D eigenvalue weighted by atomic mass is 19.1. The first-order valence-electron chi connectivity index (χ1n) is 5.63. The average molecular weight is 230 g/mol. The molecule has 2 nitrogen and oxygen atoms in total. The van der Waals surface area contributed by atoms with E-state index in [0.717, 1.165) is 11.1 Å². The van der Waals surface area contributed by atoms with Gasteiger partial charge >= 0.3 is 0 Å². The quantitative estimate of drug-likeness (QED) is 0.873. The summed E-state index contributed by atoms with van der Waals surface area (Å²) in [5, 5.41) is 3.34. The SMILES string of the molecule is CC(NCc1cccc(F)c1)c1cccnc1. The van der Waals surface area contributed by atoms with Gasteiger partial charge < -0.3 is 5.32 Å². The van der Waals surface area contributed by atoms with Gasteiger partial charge in [0, 0.05) is 25.0 Å². The van der Waals surface area contributed by atoms with Crippen molar-refractivity contribution in [2.75, 3.05) is 0 Å². The average Bonchev–Trinajstić information content (AvgIpc) is 2.37. The Morgan fingerprint density at radius 3 is 2.88 bits per heavy atom. The predicted molar refractivity (Wildman–Crippen MR) is 65.9 cm³/mol. The van der Waals surface area contributed by atoms with E-state index in [1.54, 1.807) is 18.3 Å². The molecule has 1 unspecified atom stereocenters. The Morgan fingerprint density at radius 1 is 1.29 bits per heavy atom. The van der Waals surface area contributed by atoms with Gasteiger partial charge in [-0.25, -0.2) is 4.39 Å². The molecule has 2 rings (SSSR count). The number of pyridine rings is 1. The molecule has 0 radical (unpaired) electrons. The molecule has 0 fully saturated rings. The number of hydrogen-bond acceptors (Lipinski definition) is 2. The molecule has 88 valence electrons. The fourth-order valence-electron chi connectivity index (χ4n) is 1.67. The van der Waals surface area contributed by atoms with Crippen molar-refractivity contribution in [2.24, 2.45) is 0 Å². The van der Waals surface area contributed by atoms with Gasteiger partial charge in [0.15, 0.2) is 0 Å².